The topological polar surface area (TPSA) is 68.6 Å². The first-order valence-corrected chi connectivity index (χ1v) is 7.74. The normalized spacial score (nSPS) is 9.92. The Labute approximate surface area is 149 Å². The average Bonchev–Trinajstić information content (AvgIpc) is 2.53. The van der Waals surface area contributed by atoms with E-state index in [-0.39, 0.29) is 19.0 Å². The Morgan fingerprint density at radius 1 is 1.12 bits per heavy atom. The summed E-state index contributed by atoms with van der Waals surface area (Å²) in [6.45, 7) is 1.72. The molecule has 0 aliphatic carbocycles. The highest BCUT2D eigenvalue weighted by Gasteiger charge is 2.11. The van der Waals surface area contributed by atoms with E-state index < -0.39 is 5.97 Å². The van der Waals surface area contributed by atoms with Gasteiger partial charge in [0, 0.05) is 16.1 Å². The van der Waals surface area contributed by atoms with Gasteiger partial charge in [-0.2, -0.15) is 5.26 Å². The number of hydrogen-bond donors (Lipinski definition) is 0. The van der Waals surface area contributed by atoms with Crippen LogP contribution >= 0.6 is 23.2 Å². The van der Waals surface area contributed by atoms with E-state index in [1.54, 1.807) is 25.1 Å². The van der Waals surface area contributed by atoms with E-state index in [9.17, 15) is 4.79 Å². The number of nitrogens with zero attached hydrogens (tertiary/aromatic N) is 1. The minimum Gasteiger partial charge on any atom is -0.478 e. The van der Waals surface area contributed by atoms with Gasteiger partial charge in [-0.15, -0.1) is 0 Å². The lowest BCUT2D eigenvalue weighted by Gasteiger charge is -2.13. The van der Waals surface area contributed by atoms with Crippen LogP contribution in [-0.4, -0.2) is 19.2 Å². The fraction of sp³-hybridized carbons (Fsp3) is 0.176. The molecule has 5 nitrogen and oxygen atoms in total. The Morgan fingerprint density at radius 3 is 2.62 bits per heavy atom. The average molecular weight is 366 g/mol. The molecule has 7 heteroatoms. The van der Waals surface area contributed by atoms with Crippen molar-refractivity contribution in [2.24, 2.45) is 0 Å². The molecule has 24 heavy (non-hydrogen) atoms. The maximum absolute atomic E-state index is 11.4. The number of esters is 1. The van der Waals surface area contributed by atoms with Crippen LogP contribution in [0.15, 0.2) is 36.4 Å². The monoisotopic (exact) mass is 365 g/mol. The fourth-order valence-electron chi connectivity index (χ4n) is 1.83. The van der Waals surface area contributed by atoms with Crippen molar-refractivity contribution in [1.29, 1.82) is 5.26 Å². The highest BCUT2D eigenvalue weighted by Crippen LogP contribution is 2.35. The van der Waals surface area contributed by atoms with Gasteiger partial charge in [0.2, 0.25) is 0 Å². The van der Waals surface area contributed by atoms with Crippen LogP contribution in [0.25, 0.3) is 0 Å². The van der Waals surface area contributed by atoms with Crippen molar-refractivity contribution in [2.45, 2.75) is 6.92 Å². The minimum absolute atomic E-state index is 0.259. The van der Waals surface area contributed by atoms with Gasteiger partial charge in [-0.3, -0.25) is 0 Å². The van der Waals surface area contributed by atoms with Crippen molar-refractivity contribution in [3.63, 3.8) is 0 Å². The van der Waals surface area contributed by atoms with Gasteiger partial charge in [-0.1, -0.05) is 23.2 Å². The molecule has 2 rings (SSSR count). The molecule has 0 bridgehead atoms. The van der Waals surface area contributed by atoms with E-state index in [2.05, 4.69) is 0 Å². The summed E-state index contributed by atoms with van der Waals surface area (Å²) >= 11 is 11.9. The van der Waals surface area contributed by atoms with E-state index in [4.69, 9.17) is 42.7 Å². The summed E-state index contributed by atoms with van der Waals surface area (Å²) < 4.78 is 15.9. The predicted molar refractivity (Wildman–Crippen MR) is 89.8 cm³/mol. The molecule has 0 spiro atoms. The Morgan fingerprint density at radius 2 is 1.92 bits per heavy atom. The van der Waals surface area contributed by atoms with Gasteiger partial charge in [0.25, 0.3) is 0 Å². The van der Waals surface area contributed by atoms with E-state index in [0.29, 0.717) is 27.1 Å². The third kappa shape index (κ3) is 5.05. The summed E-state index contributed by atoms with van der Waals surface area (Å²) in [7, 11) is 0. The summed E-state index contributed by atoms with van der Waals surface area (Å²) in [4.78, 5) is 11.4. The van der Waals surface area contributed by atoms with Crippen molar-refractivity contribution in [2.75, 3.05) is 13.2 Å². The predicted octanol–water partition coefficient (Wildman–Crippen LogP) is 4.60. The SMILES string of the molecule is CCOC(=O)COc1ccc(Cl)cc1Oc1cc(Cl)cc(C#N)c1. The summed E-state index contributed by atoms with van der Waals surface area (Å²) in [5.41, 5.74) is 0.355. The second-order valence-electron chi connectivity index (χ2n) is 4.57. The van der Waals surface area contributed by atoms with Crippen molar-refractivity contribution in [3.05, 3.63) is 52.0 Å². The quantitative estimate of drug-likeness (QED) is 0.699. The zero-order valence-corrected chi connectivity index (χ0v) is 14.2. The Balaban J connectivity index is 2.23. The Hall–Kier alpha value is -2.42. The van der Waals surface area contributed by atoms with Crippen LogP contribution in [0.4, 0.5) is 0 Å². The lowest BCUT2D eigenvalue weighted by molar-refractivity contribution is -0.145. The summed E-state index contributed by atoms with van der Waals surface area (Å²) in [6, 6.07) is 11.3. The van der Waals surface area contributed by atoms with Gasteiger partial charge in [0.05, 0.1) is 18.2 Å². The van der Waals surface area contributed by atoms with Gasteiger partial charge < -0.3 is 14.2 Å². The largest absolute Gasteiger partial charge is 0.478 e. The van der Waals surface area contributed by atoms with Gasteiger partial charge in [-0.05, 0) is 37.3 Å². The lowest BCUT2D eigenvalue weighted by atomic mass is 10.2. The number of ether oxygens (including phenoxy) is 3. The maximum Gasteiger partial charge on any atom is 0.344 e. The molecule has 124 valence electrons. The van der Waals surface area contributed by atoms with Gasteiger partial charge in [-0.25, -0.2) is 4.79 Å². The Kier molecular flexibility index (Phi) is 6.30. The van der Waals surface area contributed by atoms with E-state index in [1.165, 1.54) is 18.2 Å². The molecule has 0 radical (unpaired) electrons. The highest BCUT2D eigenvalue weighted by atomic mass is 35.5. The smallest absolute Gasteiger partial charge is 0.344 e. The first-order valence-electron chi connectivity index (χ1n) is 6.98. The molecule has 2 aromatic carbocycles. The molecule has 0 saturated heterocycles. The zero-order chi connectivity index (χ0) is 17.5. The molecule has 0 unspecified atom stereocenters. The van der Waals surface area contributed by atoms with Gasteiger partial charge in [0.1, 0.15) is 5.75 Å². The molecule has 0 N–H and O–H groups in total. The molecule has 0 fully saturated rings. The first-order chi connectivity index (χ1) is 11.5. The molecule has 0 amide bonds. The van der Waals surface area contributed by atoms with Gasteiger partial charge in [0.15, 0.2) is 18.1 Å². The van der Waals surface area contributed by atoms with Crippen molar-refractivity contribution < 1.29 is 19.0 Å². The number of carbonyl (C=O) groups excluding carboxylic acids is 1. The number of hydrogen-bond acceptors (Lipinski definition) is 5. The molecule has 0 aromatic heterocycles. The molecule has 0 atom stereocenters. The van der Waals surface area contributed by atoms with Crippen LogP contribution in [0, 0.1) is 11.3 Å². The second kappa shape index (κ2) is 8.44. The number of nitriles is 1. The van der Waals surface area contributed by atoms with E-state index >= 15 is 0 Å². The Bertz CT molecular complexity index is 787. The molecular formula is C17H13Cl2NO4. The third-order valence-electron chi connectivity index (χ3n) is 2.78. The van der Waals surface area contributed by atoms with E-state index in [0.717, 1.165) is 0 Å². The van der Waals surface area contributed by atoms with Crippen LogP contribution in [0.3, 0.4) is 0 Å². The van der Waals surface area contributed by atoms with Crippen LogP contribution in [0.1, 0.15) is 12.5 Å². The van der Waals surface area contributed by atoms with Crippen LogP contribution in [-0.2, 0) is 9.53 Å². The number of halogens is 2. The molecule has 0 saturated carbocycles. The highest BCUT2D eigenvalue weighted by molar-refractivity contribution is 6.31. The van der Waals surface area contributed by atoms with E-state index in [1.807, 2.05) is 6.07 Å². The summed E-state index contributed by atoms with van der Waals surface area (Å²) in [5, 5.41) is 9.77. The molecule has 0 aliphatic heterocycles. The number of carbonyl (C=O) groups is 1. The number of rotatable bonds is 6. The van der Waals surface area contributed by atoms with Gasteiger partial charge >= 0.3 is 5.97 Å². The summed E-state index contributed by atoms with van der Waals surface area (Å²) in [5.74, 6) is 0.458. The molecule has 0 heterocycles. The summed E-state index contributed by atoms with van der Waals surface area (Å²) in [6.07, 6.45) is 0. The van der Waals surface area contributed by atoms with Crippen molar-refractivity contribution in [3.8, 4) is 23.3 Å². The zero-order valence-electron chi connectivity index (χ0n) is 12.7. The standard InChI is InChI=1S/C17H13Cl2NO4/c1-2-22-17(21)10-23-15-4-3-12(18)8-16(15)24-14-6-11(9-20)5-13(19)7-14/h3-8H,2,10H2,1H3. The minimum atomic E-state index is -0.493. The second-order valence-corrected chi connectivity index (χ2v) is 5.45. The van der Waals surface area contributed by atoms with Crippen molar-refractivity contribution >= 4 is 29.2 Å². The van der Waals surface area contributed by atoms with Crippen LogP contribution < -0.4 is 9.47 Å². The maximum atomic E-state index is 11.4. The third-order valence-corrected chi connectivity index (χ3v) is 3.24. The molecule has 0 aliphatic rings. The van der Waals surface area contributed by atoms with Crippen molar-refractivity contribution in [1.82, 2.24) is 0 Å². The molecule has 2 aromatic rings. The van der Waals surface area contributed by atoms with Crippen LogP contribution in [0.5, 0.6) is 17.2 Å². The number of benzene rings is 2. The first kappa shape index (κ1) is 17.9. The molecular weight excluding hydrogens is 353 g/mol. The fourth-order valence-corrected chi connectivity index (χ4v) is 2.22. The lowest BCUT2D eigenvalue weighted by Crippen LogP contribution is -2.14. The van der Waals surface area contributed by atoms with Crippen LogP contribution in [0.2, 0.25) is 10.0 Å².